The molecule has 14 nitrogen and oxygen atoms in total. The van der Waals surface area contributed by atoms with E-state index in [1.807, 2.05) is 0 Å². The first-order valence-corrected chi connectivity index (χ1v) is 15.3. The SMILES string of the molecule is Nc1c(Nc2ncncn2)c(NS(=O)(=O)c2ccccc2)cc(C=Cc2ccccc2S(=O)(=O)O)c1S(=O)(=O)O. The average molecular weight is 605 g/mol. The summed E-state index contributed by atoms with van der Waals surface area (Å²) in [5.41, 5.74) is 4.62. The van der Waals surface area contributed by atoms with Crippen LogP contribution in [0, 0.1) is 0 Å². The Labute approximate surface area is 229 Å². The Bertz CT molecular complexity index is 1920. The van der Waals surface area contributed by atoms with Gasteiger partial charge in [-0.1, -0.05) is 48.6 Å². The number of rotatable bonds is 9. The van der Waals surface area contributed by atoms with Crippen LogP contribution in [0.5, 0.6) is 0 Å². The van der Waals surface area contributed by atoms with Crippen LogP contribution in [0.25, 0.3) is 12.2 Å². The molecule has 0 atom stereocenters. The molecule has 0 fully saturated rings. The Hall–Kier alpha value is -4.42. The summed E-state index contributed by atoms with van der Waals surface area (Å²) in [4.78, 5) is 9.96. The highest BCUT2D eigenvalue weighted by molar-refractivity contribution is 7.92. The van der Waals surface area contributed by atoms with Gasteiger partial charge in [0, 0.05) is 0 Å². The maximum atomic E-state index is 13.1. The second kappa shape index (κ2) is 11.0. The fourth-order valence-electron chi connectivity index (χ4n) is 3.59. The van der Waals surface area contributed by atoms with Gasteiger partial charge in [0.25, 0.3) is 30.3 Å². The Balaban J connectivity index is 1.96. The molecule has 208 valence electrons. The third kappa shape index (κ3) is 6.41. The Morgan fingerprint density at radius 1 is 0.775 bits per heavy atom. The molecule has 40 heavy (non-hydrogen) atoms. The zero-order valence-corrected chi connectivity index (χ0v) is 22.5. The summed E-state index contributed by atoms with van der Waals surface area (Å²) >= 11 is 0. The van der Waals surface area contributed by atoms with Gasteiger partial charge in [-0.05, 0) is 35.4 Å². The van der Waals surface area contributed by atoms with Gasteiger partial charge in [-0.25, -0.2) is 23.4 Å². The predicted octanol–water partition coefficient (Wildman–Crippen LogP) is 2.66. The minimum absolute atomic E-state index is 0.0383. The minimum Gasteiger partial charge on any atom is -0.396 e. The van der Waals surface area contributed by atoms with Crippen molar-refractivity contribution >= 4 is 65.4 Å². The molecule has 1 heterocycles. The monoisotopic (exact) mass is 604 g/mol. The van der Waals surface area contributed by atoms with E-state index in [1.54, 1.807) is 6.07 Å². The van der Waals surface area contributed by atoms with Gasteiger partial charge in [-0.2, -0.15) is 16.8 Å². The van der Waals surface area contributed by atoms with Crippen LogP contribution >= 0.6 is 0 Å². The van der Waals surface area contributed by atoms with Crippen molar-refractivity contribution < 1.29 is 34.4 Å². The zero-order chi connectivity index (χ0) is 29.1. The van der Waals surface area contributed by atoms with Gasteiger partial charge >= 0.3 is 0 Å². The lowest BCUT2D eigenvalue weighted by molar-refractivity contribution is 0.481. The van der Waals surface area contributed by atoms with Crippen molar-refractivity contribution in [2.24, 2.45) is 0 Å². The van der Waals surface area contributed by atoms with Gasteiger partial charge in [0.2, 0.25) is 5.95 Å². The van der Waals surface area contributed by atoms with Crippen LogP contribution in [0.1, 0.15) is 11.1 Å². The molecule has 6 N–H and O–H groups in total. The molecule has 0 unspecified atom stereocenters. The van der Waals surface area contributed by atoms with Crippen LogP contribution in [0.15, 0.2) is 88.0 Å². The first-order chi connectivity index (χ1) is 18.8. The molecule has 4 rings (SSSR count). The van der Waals surface area contributed by atoms with E-state index in [2.05, 4.69) is 25.0 Å². The molecule has 0 spiro atoms. The quantitative estimate of drug-likeness (QED) is 0.105. The normalized spacial score (nSPS) is 12.3. The molecule has 0 amide bonds. The molecule has 0 bridgehead atoms. The maximum absolute atomic E-state index is 13.1. The molecular formula is C23H20N6O8S3. The van der Waals surface area contributed by atoms with Crippen molar-refractivity contribution in [3.63, 3.8) is 0 Å². The largest absolute Gasteiger partial charge is 0.396 e. The lowest BCUT2D eigenvalue weighted by Crippen LogP contribution is -2.17. The fraction of sp³-hybridized carbons (Fsp3) is 0. The highest BCUT2D eigenvalue weighted by Gasteiger charge is 2.27. The summed E-state index contributed by atoms with van der Waals surface area (Å²) < 4.78 is 96.6. The van der Waals surface area contributed by atoms with Gasteiger partial charge in [-0.15, -0.1) is 0 Å². The summed E-state index contributed by atoms with van der Waals surface area (Å²) in [7, 11) is -14.0. The number of hydrogen-bond acceptors (Lipinski definition) is 11. The van der Waals surface area contributed by atoms with E-state index in [4.69, 9.17) is 5.73 Å². The van der Waals surface area contributed by atoms with Crippen LogP contribution in [0.4, 0.5) is 23.0 Å². The maximum Gasteiger partial charge on any atom is 0.297 e. The van der Waals surface area contributed by atoms with Gasteiger partial charge in [0.15, 0.2) is 0 Å². The standard InChI is InChI=1S/C23H20N6O8S3/c24-20-21(28-23-26-13-25-14-27-23)18(29-38(30,31)17-7-2-1-3-8-17)12-16(22(20)40(35,36)37)11-10-15-6-4-5-9-19(15)39(32,33)34/h1-14,29H,24H2,(H,32,33,34)(H,35,36,37)(H,25,26,27,28). The van der Waals surface area contributed by atoms with E-state index in [0.29, 0.717) is 0 Å². The molecule has 0 saturated heterocycles. The van der Waals surface area contributed by atoms with E-state index in [0.717, 1.165) is 36.9 Å². The summed E-state index contributed by atoms with van der Waals surface area (Å²) in [5.74, 6) is -0.131. The highest BCUT2D eigenvalue weighted by Crippen LogP contribution is 2.40. The molecule has 1 aromatic heterocycles. The van der Waals surface area contributed by atoms with Crippen molar-refractivity contribution in [3.8, 4) is 0 Å². The topological polar surface area (TPSA) is 232 Å². The molecule has 4 aromatic rings. The van der Waals surface area contributed by atoms with Crippen molar-refractivity contribution in [2.75, 3.05) is 15.8 Å². The van der Waals surface area contributed by atoms with Gasteiger partial charge in [-0.3, -0.25) is 13.8 Å². The summed E-state index contributed by atoms with van der Waals surface area (Å²) in [5, 5.41) is 2.63. The van der Waals surface area contributed by atoms with Crippen molar-refractivity contribution in [1.29, 1.82) is 0 Å². The Kier molecular flexibility index (Phi) is 7.85. The van der Waals surface area contributed by atoms with Crippen LogP contribution in [0.2, 0.25) is 0 Å². The van der Waals surface area contributed by atoms with Crippen LogP contribution in [-0.2, 0) is 30.3 Å². The summed E-state index contributed by atoms with van der Waals surface area (Å²) in [6, 6.07) is 13.6. The number of benzene rings is 3. The average Bonchev–Trinajstić information content (AvgIpc) is 2.89. The molecule has 0 aliphatic heterocycles. The lowest BCUT2D eigenvalue weighted by atomic mass is 10.1. The third-order valence-electron chi connectivity index (χ3n) is 5.27. The van der Waals surface area contributed by atoms with Crippen molar-refractivity contribution in [1.82, 2.24) is 15.0 Å². The number of sulfonamides is 1. The van der Waals surface area contributed by atoms with Crippen LogP contribution < -0.4 is 15.8 Å². The zero-order valence-electron chi connectivity index (χ0n) is 20.1. The highest BCUT2D eigenvalue weighted by atomic mass is 32.2. The number of hydrogen-bond donors (Lipinski definition) is 5. The first kappa shape index (κ1) is 28.6. The van der Waals surface area contributed by atoms with E-state index in [-0.39, 0.29) is 33.3 Å². The third-order valence-corrected chi connectivity index (χ3v) is 8.55. The van der Waals surface area contributed by atoms with E-state index in [1.165, 1.54) is 42.5 Å². The second-order valence-corrected chi connectivity index (χ2v) is 12.4. The summed E-state index contributed by atoms with van der Waals surface area (Å²) in [6.07, 6.45) is 4.46. The molecule has 0 aliphatic rings. The van der Waals surface area contributed by atoms with Crippen LogP contribution in [-0.4, -0.2) is 49.3 Å². The number of nitrogen functional groups attached to an aromatic ring is 1. The fourth-order valence-corrected chi connectivity index (χ4v) is 6.16. The summed E-state index contributed by atoms with van der Waals surface area (Å²) in [6.45, 7) is 0. The van der Waals surface area contributed by atoms with Crippen LogP contribution in [0.3, 0.4) is 0 Å². The molecule has 0 saturated carbocycles. The molecule has 0 aliphatic carbocycles. The van der Waals surface area contributed by atoms with Gasteiger partial charge in [0.05, 0.1) is 22.0 Å². The van der Waals surface area contributed by atoms with Gasteiger partial charge < -0.3 is 11.1 Å². The minimum atomic E-state index is -5.05. The lowest BCUT2D eigenvalue weighted by Gasteiger charge is -2.19. The predicted molar refractivity (Wildman–Crippen MR) is 146 cm³/mol. The molecule has 17 heteroatoms. The Morgan fingerprint density at radius 3 is 2.00 bits per heavy atom. The molecule has 0 radical (unpaired) electrons. The first-order valence-electron chi connectivity index (χ1n) is 10.9. The van der Waals surface area contributed by atoms with E-state index in [9.17, 15) is 34.4 Å². The van der Waals surface area contributed by atoms with E-state index < -0.39 is 45.7 Å². The number of aromatic nitrogens is 3. The number of anilines is 4. The van der Waals surface area contributed by atoms with Gasteiger partial charge in [0.1, 0.15) is 22.4 Å². The second-order valence-electron chi connectivity index (χ2n) is 7.96. The Morgan fingerprint density at radius 2 is 1.38 bits per heavy atom. The number of nitrogens with one attached hydrogen (secondary N) is 2. The number of nitrogens with two attached hydrogens (primary N) is 1. The van der Waals surface area contributed by atoms with Crippen molar-refractivity contribution in [2.45, 2.75) is 14.7 Å². The van der Waals surface area contributed by atoms with E-state index >= 15 is 0 Å². The smallest absolute Gasteiger partial charge is 0.297 e. The molecular weight excluding hydrogens is 584 g/mol. The van der Waals surface area contributed by atoms with Crippen molar-refractivity contribution in [3.05, 3.63) is 84.4 Å². The molecule has 3 aromatic carbocycles. The number of nitrogens with zero attached hydrogens (tertiary/aromatic N) is 3.